The SMILES string of the molecule is COc1ccc(-c2ncccn2)c(F)c1. The molecule has 0 spiro atoms. The number of nitrogens with zero attached hydrogens (tertiary/aromatic N) is 2. The quantitative estimate of drug-likeness (QED) is 0.752. The van der Waals surface area contributed by atoms with Crippen molar-refractivity contribution in [2.75, 3.05) is 7.11 Å². The largest absolute Gasteiger partial charge is 0.497 e. The van der Waals surface area contributed by atoms with Crippen LogP contribution in [-0.2, 0) is 0 Å². The molecule has 0 saturated carbocycles. The number of aromatic nitrogens is 2. The molecular formula is C11H9FN2O. The molecule has 3 nitrogen and oxygen atoms in total. The van der Waals surface area contributed by atoms with E-state index in [1.165, 1.54) is 13.2 Å². The molecule has 0 amide bonds. The molecule has 1 aromatic carbocycles. The van der Waals surface area contributed by atoms with Crippen molar-refractivity contribution in [3.63, 3.8) is 0 Å². The summed E-state index contributed by atoms with van der Waals surface area (Å²) in [6, 6.07) is 6.27. The minimum absolute atomic E-state index is 0.372. The Morgan fingerprint density at radius 3 is 2.53 bits per heavy atom. The van der Waals surface area contributed by atoms with E-state index in [4.69, 9.17) is 4.74 Å². The molecular weight excluding hydrogens is 195 g/mol. The highest BCUT2D eigenvalue weighted by Gasteiger charge is 2.07. The molecule has 0 fully saturated rings. The Hall–Kier alpha value is -1.97. The van der Waals surface area contributed by atoms with Crippen LogP contribution in [0, 0.1) is 5.82 Å². The topological polar surface area (TPSA) is 35.0 Å². The van der Waals surface area contributed by atoms with E-state index in [9.17, 15) is 4.39 Å². The maximum absolute atomic E-state index is 13.6. The molecule has 0 saturated heterocycles. The smallest absolute Gasteiger partial charge is 0.162 e. The van der Waals surface area contributed by atoms with Gasteiger partial charge in [0.2, 0.25) is 0 Å². The molecule has 0 unspecified atom stereocenters. The summed E-state index contributed by atoms with van der Waals surface area (Å²) in [5.41, 5.74) is 0.372. The summed E-state index contributed by atoms with van der Waals surface area (Å²) in [4.78, 5) is 7.95. The minimum atomic E-state index is -0.388. The molecule has 2 aromatic rings. The van der Waals surface area contributed by atoms with Gasteiger partial charge < -0.3 is 4.74 Å². The van der Waals surface area contributed by atoms with Gasteiger partial charge in [0.25, 0.3) is 0 Å². The summed E-state index contributed by atoms with van der Waals surface area (Å²) in [5, 5.41) is 0. The molecule has 0 bridgehead atoms. The van der Waals surface area contributed by atoms with Crippen LogP contribution >= 0.6 is 0 Å². The first-order chi connectivity index (χ1) is 7.31. The van der Waals surface area contributed by atoms with Crippen LogP contribution in [0.15, 0.2) is 36.7 Å². The average Bonchev–Trinajstić information content (AvgIpc) is 2.30. The van der Waals surface area contributed by atoms with Crippen molar-refractivity contribution < 1.29 is 9.13 Å². The lowest BCUT2D eigenvalue weighted by Crippen LogP contribution is -1.92. The number of hydrogen-bond donors (Lipinski definition) is 0. The first kappa shape index (κ1) is 9.58. The van der Waals surface area contributed by atoms with E-state index in [0.717, 1.165) is 0 Å². The van der Waals surface area contributed by atoms with Gasteiger partial charge in [0.05, 0.1) is 12.7 Å². The lowest BCUT2D eigenvalue weighted by atomic mass is 10.2. The summed E-state index contributed by atoms with van der Waals surface area (Å²) in [6.07, 6.45) is 3.15. The lowest BCUT2D eigenvalue weighted by molar-refractivity contribution is 0.411. The normalized spacial score (nSPS) is 10.0. The Balaban J connectivity index is 2.46. The Morgan fingerprint density at radius 2 is 1.93 bits per heavy atom. The summed E-state index contributed by atoms with van der Waals surface area (Å²) in [6.45, 7) is 0. The van der Waals surface area contributed by atoms with Crippen molar-refractivity contribution in [2.24, 2.45) is 0 Å². The van der Waals surface area contributed by atoms with Gasteiger partial charge in [0.1, 0.15) is 11.6 Å². The molecule has 76 valence electrons. The monoisotopic (exact) mass is 204 g/mol. The number of benzene rings is 1. The second kappa shape index (κ2) is 4.04. The number of hydrogen-bond acceptors (Lipinski definition) is 3. The van der Waals surface area contributed by atoms with Crippen LogP contribution in [0.1, 0.15) is 0 Å². The average molecular weight is 204 g/mol. The number of methoxy groups -OCH3 is 1. The Kier molecular flexibility index (Phi) is 2.58. The first-order valence-corrected chi connectivity index (χ1v) is 4.42. The van der Waals surface area contributed by atoms with Crippen LogP contribution in [-0.4, -0.2) is 17.1 Å². The van der Waals surface area contributed by atoms with Crippen molar-refractivity contribution in [2.45, 2.75) is 0 Å². The van der Waals surface area contributed by atoms with E-state index in [-0.39, 0.29) is 5.82 Å². The van der Waals surface area contributed by atoms with Crippen molar-refractivity contribution in [1.82, 2.24) is 9.97 Å². The fourth-order valence-electron chi connectivity index (χ4n) is 1.24. The van der Waals surface area contributed by atoms with Crippen LogP contribution in [0.2, 0.25) is 0 Å². The zero-order chi connectivity index (χ0) is 10.7. The van der Waals surface area contributed by atoms with Gasteiger partial charge in [0, 0.05) is 18.5 Å². The van der Waals surface area contributed by atoms with Crippen LogP contribution in [0.4, 0.5) is 4.39 Å². The predicted molar refractivity (Wildman–Crippen MR) is 54.0 cm³/mol. The second-order valence-corrected chi connectivity index (χ2v) is 2.92. The number of halogens is 1. The molecule has 0 aliphatic heterocycles. The summed E-state index contributed by atoms with van der Waals surface area (Å²) < 4.78 is 18.5. The molecule has 0 aliphatic carbocycles. The highest BCUT2D eigenvalue weighted by Crippen LogP contribution is 2.22. The first-order valence-electron chi connectivity index (χ1n) is 4.42. The molecule has 2 rings (SSSR count). The van der Waals surface area contributed by atoms with Gasteiger partial charge in [-0.05, 0) is 18.2 Å². The summed E-state index contributed by atoms with van der Waals surface area (Å²) in [5.74, 6) is 0.463. The Labute approximate surface area is 86.6 Å². The van der Waals surface area contributed by atoms with Gasteiger partial charge in [-0.25, -0.2) is 14.4 Å². The van der Waals surface area contributed by atoms with Gasteiger partial charge in [-0.1, -0.05) is 0 Å². The van der Waals surface area contributed by atoms with E-state index in [0.29, 0.717) is 17.1 Å². The van der Waals surface area contributed by atoms with Crippen molar-refractivity contribution in [3.8, 4) is 17.1 Å². The predicted octanol–water partition coefficient (Wildman–Crippen LogP) is 2.29. The summed E-state index contributed by atoms with van der Waals surface area (Å²) >= 11 is 0. The van der Waals surface area contributed by atoms with Gasteiger partial charge in [-0.15, -0.1) is 0 Å². The maximum atomic E-state index is 13.6. The third-order valence-electron chi connectivity index (χ3n) is 1.98. The van der Waals surface area contributed by atoms with E-state index < -0.39 is 0 Å². The Morgan fingerprint density at radius 1 is 1.20 bits per heavy atom. The van der Waals surface area contributed by atoms with Crippen LogP contribution in [0.5, 0.6) is 5.75 Å². The van der Waals surface area contributed by atoms with Crippen LogP contribution in [0.25, 0.3) is 11.4 Å². The highest BCUT2D eigenvalue weighted by molar-refractivity contribution is 5.56. The third-order valence-corrected chi connectivity index (χ3v) is 1.98. The molecule has 15 heavy (non-hydrogen) atoms. The minimum Gasteiger partial charge on any atom is -0.497 e. The van der Waals surface area contributed by atoms with Gasteiger partial charge in [-0.2, -0.15) is 0 Å². The molecule has 4 heteroatoms. The van der Waals surface area contributed by atoms with Gasteiger partial charge >= 0.3 is 0 Å². The highest BCUT2D eigenvalue weighted by atomic mass is 19.1. The van der Waals surface area contributed by atoms with Crippen molar-refractivity contribution in [3.05, 3.63) is 42.5 Å². The fraction of sp³-hybridized carbons (Fsp3) is 0.0909. The van der Waals surface area contributed by atoms with Crippen LogP contribution < -0.4 is 4.74 Å². The molecule has 1 heterocycles. The van der Waals surface area contributed by atoms with Crippen molar-refractivity contribution >= 4 is 0 Å². The number of rotatable bonds is 2. The van der Waals surface area contributed by atoms with E-state index >= 15 is 0 Å². The van der Waals surface area contributed by atoms with E-state index in [1.807, 2.05) is 0 Å². The van der Waals surface area contributed by atoms with Crippen molar-refractivity contribution in [1.29, 1.82) is 0 Å². The maximum Gasteiger partial charge on any atom is 0.162 e. The lowest BCUT2D eigenvalue weighted by Gasteiger charge is -2.03. The molecule has 1 aromatic heterocycles. The van der Waals surface area contributed by atoms with Crippen LogP contribution in [0.3, 0.4) is 0 Å². The molecule has 0 aliphatic rings. The number of ether oxygens (including phenoxy) is 1. The third kappa shape index (κ3) is 1.93. The van der Waals surface area contributed by atoms with Gasteiger partial charge in [-0.3, -0.25) is 0 Å². The zero-order valence-corrected chi connectivity index (χ0v) is 8.14. The van der Waals surface area contributed by atoms with E-state index in [2.05, 4.69) is 9.97 Å². The van der Waals surface area contributed by atoms with E-state index in [1.54, 1.807) is 30.6 Å². The standard InChI is InChI=1S/C11H9FN2O/c1-15-8-3-4-9(10(12)7-8)11-13-5-2-6-14-11/h2-7H,1H3. The second-order valence-electron chi connectivity index (χ2n) is 2.92. The van der Waals surface area contributed by atoms with Gasteiger partial charge in [0.15, 0.2) is 5.82 Å². The summed E-state index contributed by atoms with van der Waals surface area (Å²) in [7, 11) is 1.49. The molecule has 0 N–H and O–H groups in total. The fourth-order valence-corrected chi connectivity index (χ4v) is 1.24. The molecule has 0 atom stereocenters. The Bertz CT molecular complexity index is 459. The molecule has 0 radical (unpaired) electrons. The zero-order valence-electron chi connectivity index (χ0n) is 8.14.